The number of carbonyl (C=O) groups is 1. The molecule has 2 saturated heterocycles. The van der Waals surface area contributed by atoms with Gasteiger partial charge in [-0.2, -0.15) is 4.31 Å². The summed E-state index contributed by atoms with van der Waals surface area (Å²) in [5, 5.41) is 6.16. The van der Waals surface area contributed by atoms with E-state index in [4.69, 9.17) is 4.42 Å². The molecule has 0 saturated carbocycles. The summed E-state index contributed by atoms with van der Waals surface area (Å²) in [5.41, 5.74) is 0. The molecule has 3 rings (SSSR count). The highest BCUT2D eigenvalue weighted by molar-refractivity contribution is 7.89. The van der Waals surface area contributed by atoms with Gasteiger partial charge >= 0.3 is 0 Å². The van der Waals surface area contributed by atoms with Gasteiger partial charge in [-0.05, 0) is 58.1 Å². The molecule has 0 aromatic carbocycles. The molecule has 0 bridgehead atoms. The summed E-state index contributed by atoms with van der Waals surface area (Å²) >= 11 is 0. The Bertz CT molecular complexity index is 722. The van der Waals surface area contributed by atoms with Crippen LogP contribution in [0.15, 0.2) is 15.4 Å². The van der Waals surface area contributed by atoms with E-state index in [0.717, 1.165) is 32.2 Å². The van der Waals surface area contributed by atoms with Crippen LogP contribution in [0.25, 0.3) is 0 Å². The van der Waals surface area contributed by atoms with Crippen LogP contribution < -0.4 is 10.6 Å². The number of amides is 1. The predicted octanol–water partition coefficient (Wildman–Crippen LogP) is 1.17. The number of furan rings is 1. The number of hydrogen-bond donors (Lipinski definition) is 2. The van der Waals surface area contributed by atoms with Crippen molar-refractivity contribution < 1.29 is 17.6 Å². The molecule has 25 heavy (non-hydrogen) atoms. The normalized spacial score (nSPS) is 25.2. The Hall–Kier alpha value is -1.38. The summed E-state index contributed by atoms with van der Waals surface area (Å²) in [6, 6.07) is 1.49. The quantitative estimate of drug-likeness (QED) is 0.813. The summed E-state index contributed by atoms with van der Waals surface area (Å²) in [6.07, 6.45) is 3.62. The van der Waals surface area contributed by atoms with Crippen LogP contribution in [0.5, 0.6) is 0 Å². The summed E-state index contributed by atoms with van der Waals surface area (Å²) < 4.78 is 32.7. The van der Waals surface area contributed by atoms with Gasteiger partial charge < -0.3 is 15.1 Å². The van der Waals surface area contributed by atoms with E-state index < -0.39 is 10.0 Å². The third-order valence-electron chi connectivity index (χ3n) is 5.04. The molecule has 2 atom stereocenters. The van der Waals surface area contributed by atoms with Gasteiger partial charge in [-0.1, -0.05) is 0 Å². The lowest BCUT2D eigenvalue weighted by Gasteiger charge is -2.32. The minimum atomic E-state index is -3.54. The van der Waals surface area contributed by atoms with Gasteiger partial charge in [0.05, 0.1) is 6.04 Å². The van der Waals surface area contributed by atoms with Gasteiger partial charge in [-0.15, -0.1) is 0 Å². The molecule has 140 valence electrons. The standard InChI is InChI=1S/C17H27N3O4S/c1-12-9-16(13(2)24-12)25(22,23)20-8-4-5-14(11-20)10-19-17(21)15-6-3-7-18-15/h9,14-15,18H,3-8,10-11H2,1-2H3,(H,19,21). The maximum Gasteiger partial charge on any atom is 0.246 e. The lowest BCUT2D eigenvalue weighted by atomic mass is 9.99. The number of sulfonamides is 1. The van der Waals surface area contributed by atoms with E-state index in [9.17, 15) is 13.2 Å². The Balaban J connectivity index is 1.60. The molecule has 2 aliphatic rings. The smallest absolute Gasteiger partial charge is 0.246 e. The van der Waals surface area contributed by atoms with Crippen LogP contribution in [-0.2, 0) is 14.8 Å². The Morgan fingerprint density at radius 2 is 2.16 bits per heavy atom. The molecule has 2 aliphatic heterocycles. The Kier molecular flexibility index (Phi) is 5.50. The van der Waals surface area contributed by atoms with Crippen LogP contribution in [0.4, 0.5) is 0 Å². The molecule has 3 heterocycles. The van der Waals surface area contributed by atoms with Crippen molar-refractivity contribution in [3.05, 3.63) is 17.6 Å². The van der Waals surface area contributed by atoms with Crippen molar-refractivity contribution in [3.63, 3.8) is 0 Å². The maximum atomic E-state index is 12.9. The van der Waals surface area contributed by atoms with Gasteiger partial charge in [-0.25, -0.2) is 8.42 Å². The number of piperidine rings is 1. The summed E-state index contributed by atoms with van der Waals surface area (Å²) in [5.74, 6) is 1.20. The van der Waals surface area contributed by atoms with Crippen LogP contribution in [0, 0.1) is 19.8 Å². The first-order chi connectivity index (χ1) is 11.9. The average molecular weight is 369 g/mol. The summed E-state index contributed by atoms with van der Waals surface area (Å²) in [4.78, 5) is 12.4. The number of carbonyl (C=O) groups excluding carboxylic acids is 1. The highest BCUT2D eigenvalue weighted by atomic mass is 32.2. The number of hydrogen-bond acceptors (Lipinski definition) is 5. The topological polar surface area (TPSA) is 91.7 Å². The van der Waals surface area contributed by atoms with Gasteiger partial charge in [0.2, 0.25) is 15.9 Å². The highest BCUT2D eigenvalue weighted by Gasteiger charge is 2.33. The Morgan fingerprint density at radius 1 is 1.36 bits per heavy atom. The third-order valence-corrected chi connectivity index (χ3v) is 7.01. The molecule has 0 aliphatic carbocycles. The highest BCUT2D eigenvalue weighted by Crippen LogP contribution is 2.27. The van der Waals surface area contributed by atoms with Gasteiger partial charge in [0.1, 0.15) is 16.4 Å². The molecule has 8 heteroatoms. The van der Waals surface area contributed by atoms with Crippen molar-refractivity contribution in [1.29, 1.82) is 0 Å². The zero-order chi connectivity index (χ0) is 18.0. The Morgan fingerprint density at radius 3 is 2.80 bits per heavy atom. The minimum Gasteiger partial charge on any atom is -0.465 e. The van der Waals surface area contributed by atoms with Gasteiger partial charge in [0.15, 0.2) is 0 Å². The SMILES string of the molecule is Cc1cc(S(=O)(=O)N2CCCC(CNC(=O)C3CCCN3)C2)c(C)o1. The first-order valence-corrected chi connectivity index (χ1v) is 10.4. The van der Waals surface area contributed by atoms with Crippen LogP contribution in [0.2, 0.25) is 0 Å². The molecule has 0 spiro atoms. The van der Waals surface area contributed by atoms with Crippen LogP contribution in [-0.4, -0.2) is 50.9 Å². The number of nitrogens with zero attached hydrogens (tertiary/aromatic N) is 1. The molecule has 1 aromatic heterocycles. The Labute approximate surface area is 149 Å². The molecule has 0 radical (unpaired) electrons. The minimum absolute atomic E-state index is 0.0267. The van der Waals surface area contributed by atoms with E-state index in [1.54, 1.807) is 19.9 Å². The number of aryl methyl sites for hydroxylation is 2. The van der Waals surface area contributed by atoms with E-state index in [2.05, 4.69) is 10.6 Å². The predicted molar refractivity (Wildman–Crippen MR) is 93.7 cm³/mol. The second-order valence-corrected chi connectivity index (χ2v) is 8.95. The molecule has 7 nitrogen and oxygen atoms in total. The van der Waals surface area contributed by atoms with Gasteiger partial charge in [-0.3, -0.25) is 4.79 Å². The lowest BCUT2D eigenvalue weighted by molar-refractivity contribution is -0.123. The van der Waals surface area contributed by atoms with Crippen molar-refractivity contribution in [1.82, 2.24) is 14.9 Å². The fraction of sp³-hybridized carbons (Fsp3) is 0.706. The number of rotatable bonds is 5. The molecular formula is C17H27N3O4S. The molecule has 1 amide bonds. The van der Waals surface area contributed by atoms with Gasteiger partial charge in [0.25, 0.3) is 0 Å². The molecular weight excluding hydrogens is 342 g/mol. The fourth-order valence-corrected chi connectivity index (χ4v) is 5.47. The first-order valence-electron chi connectivity index (χ1n) is 8.96. The largest absolute Gasteiger partial charge is 0.465 e. The molecule has 2 unspecified atom stereocenters. The van der Waals surface area contributed by atoms with E-state index in [1.807, 2.05) is 0 Å². The van der Waals surface area contributed by atoms with Crippen LogP contribution in [0.1, 0.15) is 37.2 Å². The van der Waals surface area contributed by atoms with Gasteiger partial charge in [0, 0.05) is 19.6 Å². The zero-order valence-corrected chi connectivity index (χ0v) is 15.7. The fourth-order valence-electron chi connectivity index (χ4n) is 3.69. The lowest BCUT2D eigenvalue weighted by Crippen LogP contribution is -2.46. The van der Waals surface area contributed by atoms with E-state index >= 15 is 0 Å². The van der Waals surface area contributed by atoms with Crippen molar-refractivity contribution in [2.75, 3.05) is 26.2 Å². The molecule has 1 aromatic rings. The summed E-state index contributed by atoms with van der Waals surface area (Å²) in [6.45, 7) is 5.78. The first kappa shape index (κ1) is 18.4. The maximum absolute atomic E-state index is 12.9. The summed E-state index contributed by atoms with van der Waals surface area (Å²) in [7, 11) is -3.54. The zero-order valence-electron chi connectivity index (χ0n) is 14.9. The van der Waals surface area contributed by atoms with Crippen LogP contribution >= 0.6 is 0 Å². The van der Waals surface area contributed by atoms with E-state index in [1.165, 1.54) is 4.31 Å². The second-order valence-electron chi connectivity index (χ2n) is 7.04. The van der Waals surface area contributed by atoms with Crippen molar-refractivity contribution in [2.24, 2.45) is 5.92 Å². The molecule has 2 fully saturated rings. The second kappa shape index (κ2) is 7.47. The van der Waals surface area contributed by atoms with E-state index in [-0.39, 0.29) is 22.8 Å². The van der Waals surface area contributed by atoms with Crippen LogP contribution in [0.3, 0.4) is 0 Å². The van der Waals surface area contributed by atoms with Crippen molar-refractivity contribution in [3.8, 4) is 0 Å². The molecule has 2 N–H and O–H groups in total. The number of nitrogens with one attached hydrogen (secondary N) is 2. The third kappa shape index (κ3) is 4.07. The van der Waals surface area contributed by atoms with Crippen molar-refractivity contribution in [2.45, 2.75) is 50.5 Å². The van der Waals surface area contributed by atoms with Crippen molar-refractivity contribution >= 4 is 15.9 Å². The van der Waals surface area contributed by atoms with E-state index in [0.29, 0.717) is 31.2 Å². The monoisotopic (exact) mass is 369 g/mol. The average Bonchev–Trinajstić information content (AvgIpc) is 3.22.